The third kappa shape index (κ3) is 1.69. The molecule has 0 atom stereocenters. The Balaban J connectivity index is 2.13. The molecule has 5 heteroatoms. The van der Waals surface area contributed by atoms with Crippen molar-refractivity contribution in [2.75, 3.05) is 5.32 Å². The van der Waals surface area contributed by atoms with Crippen molar-refractivity contribution >= 4 is 22.4 Å². The molecule has 3 rings (SSSR count). The highest BCUT2D eigenvalue weighted by atomic mass is 15.1. The van der Waals surface area contributed by atoms with Gasteiger partial charge in [0.1, 0.15) is 12.1 Å². The monoisotopic (exact) mass is 239 g/mol. The molecule has 2 aromatic heterocycles. The number of hydrogen-bond donors (Lipinski definition) is 2. The number of hydrogen-bond acceptors (Lipinski definition) is 4. The largest absolute Gasteiger partial charge is 0.337 e. The van der Waals surface area contributed by atoms with Gasteiger partial charge in [0.15, 0.2) is 0 Å². The van der Waals surface area contributed by atoms with Crippen molar-refractivity contribution < 1.29 is 0 Å². The molecule has 18 heavy (non-hydrogen) atoms. The second kappa shape index (κ2) is 4.10. The van der Waals surface area contributed by atoms with Crippen LogP contribution in [0.3, 0.4) is 0 Å². The van der Waals surface area contributed by atoms with E-state index in [0.717, 1.165) is 33.7 Å². The first-order valence-corrected chi connectivity index (χ1v) is 5.73. The number of benzene rings is 1. The number of H-pyrrole nitrogens is 1. The molecule has 1 aromatic carbocycles. The molecule has 2 N–H and O–H groups in total. The van der Waals surface area contributed by atoms with E-state index in [-0.39, 0.29) is 0 Å². The standard InChI is InChI=1S/C13H13N5/c1-8-4-3-5-10-12(8)14-7-15-13(10)17-11-6-16-18-9(11)2/h3-7H,1-2H3,(H,16,18)(H,14,15,17). The number of aryl methyl sites for hydroxylation is 2. The van der Waals surface area contributed by atoms with E-state index < -0.39 is 0 Å². The summed E-state index contributed by atoms with van der Waals surface area (Å²) in [6.45, 7) is 4.01. The minimum atomic E-state index is 0.799. The summed E-state index contributed by atoms with van der Waals surface area (Å²) in [6, 6.07) is 6.07. The first kappa shape index (κ1) is 10.7. The lowest BCUT2D eigenvalue weighted by atomic mass is 10.1. The molecule has 0 aliphatic heterocycles. The summed E-state index contributed by atoms with van der Waals surface area (Å²) in [5, 5.41) is 11.2. The van der Waals surface area contributed by atoms with E-state index in [1.165, 1.54) is 0 Å². The van der Waals surface area contributed by atoms with Crippen LogP contribution in [0.15, 0.2) is 30.7 Å². The van der Waals surface area contributed by atoms with Crippen LogP contribution >= 0.6 is 0 Å². The lowest BCUT2D eigenvalue weighted by Crippen LogP contribution is -1.97. The number of aromatic nitrogens is 4. The van der Waals surface area contributed by atoms with Gasteiger partial charge in [0.25, 0.3) is 0 Å². The van der Waals surface area contributed by atoms with E-state index in [1.54, 1.807) is 12.5 Å². The predicted octanol–water partition coefficient (Wildman–Crippen LogP) is 2.71. The molecular formula is C13H13N5. The van der Waals surface area contributed by atoms with Crippen molar-refractivity contribution in [1.82, 2.24) is 20.2 Å². The molecule has 3 aromatic rings. The van der Waals surface area contributed by atoms with Gasteiger partial charge < -0.3 is 5.32 Å². The highest BCUT2D eigenvalue weighted by molar-refractivity contribution is 5.92. The molecule has 0 radical (unpaired) electrons. The van der Waals surface area contributed by atoms with Gasteiger partial charge in [0, 0.05) is 5.39 Å². The highest BCUT2D eigenvalue weighted by Crippen LogP contribution is 2.25. The van der Waals surface area contributed by atoms with Gasteiger partial charge in [-0.1, -0.05) is 12.1 Å². The van der Waals surface area contributed by atoms with Crippen LogP contribution < -0.4 is 5.32 Å². The van der Waals surface area contributed by atoms with Crippen LogP contribution in [0.25, 0.3) is 10.9 Å². The van der Waals surface area contributed by atoms with E-state index in [1.807, 2.05) is 32.0 Å². The summed E-state index contributed by atoms with van der Waals surface area (Å²) in [7, 11) is 0. The molecule has 0 amide bonds. The maximum atomic E-state index is 4.32. The molecule has 2 heterocycles. The molecule has 0 saturated carbocycles. The minimum Gasteiger partial charge on any atom is -0.337 e. The fourth-order valence-corrected chi connectivity index (χ4v) is 1.94. The van der Waals surface area contributed by atoms with Crippen molar-refractivity contribution in [1.29, 1.82) is 0 Å². The Bertz CT molecular complexity index is 701. The topological polar surface area (TPSA) is 66.5 Å². The smallest absolute Gasteiger partial charge is 0.141 e. The molecule has 5 nitrogen and oxygen atoms in total. The predicted molar refractivity (Wildman–Crippen MR) is 70.9 cm³/mol. The van der Waals surface area contributed by atoms with Gasteiger partial charge in [0.05, 0.1) is 23.1 Å². The summed E-state index contributed by atoms with van der Waals surface area (Å²) >= 11 is 0. The van der Waals surface area contributed by atoms with Gasteiger partial charge in [-0.05, 0) is 25.5 Å². The lowest BCUT2D eigenvalue weighted by molar-refractivity contribution is 1.05. The maximum Gasteiger partial charge on any atom is 0.141 e. The number of para-hydroxylation sites is 1. The number of aromatic amines is 1. The zero-order chi connectivity index (χ0) is 12.5. The van der Waals surface area contributed by atoms with E-state index in [9.17, 15) is 0 Å². The van der Waals surface area contributed by atoms with E-state index in [4.69, 9.17) is 0 Å². The molecular weight excluding hydrogens is 226 g/mol. The molecule has 0 spiro atoms. The third-order valence-corrected chi connectivity index (χ3v) is 2.95. The molecule has 0 aliphatic rings. The zero-order valence-electron chi connectivity index (χ0n) is 10.2. The summed E-state index contributed by atoms with van der Waals surface area (Å²) in [5.74, 6) is 0.799. The van der Waals surface area contributed by atoms with Crippen LogP contribution in [-0.2, 0) is 0 Å². The Kier molecular flexibility index (Phi) is 2.44. The first-order chi connectivity index (χ1) is 8.75. The van der Waals surface area contributed by atoms with Crippen molar-refractivity contribution in [2.45, 2.75) is 13.8 Å². The summed E-state index contributed by atoms with van der Waals surface area (Å²) < 4.78 is 0. The molecule has 0 aliphatic carbocycles. The Labute approximate surface area is 104 Å². The van der Waals surface area contributed by atoms with Crippen molar-refractivity contribution in [3.05, 3.63) is 42.0 Å². The second-order valence-electron chi connectivity index (χ2n) is 4.23. The van der Waals surface area contributed by atoms with Crippen LogP contribution in [0.4, 0.5) is 11.5 Å². The molecule has 0 fully saturated rings. The Morgan fingerprint density at radius 3 is 2.83 bits per heavy atom. The fraction of sp³-hybridized carbons (Fsp3) is 0.154. The lowest BCUT2D eigenvalue weighted by Gasteiger charge is -2.08. The Morgan fingerprint density at radius 2 is 2.06 bits per heavy atom. The second-order valence-corrected chi connectivity index (χ2v) is 4.23. The van der Waals surface area contributed by atoms with Crippen molar-refractivity contribution in [3.8, 4) is 0 Å². The number of nitrogens with zero attached hydrogens (tertiary/aromatic N) is 3. The first-order valence-electron chi connectivity index (χ1n) is 5.73. The van der Waals surface area contributed by atoms with E-state index in [0.29, 0.717) is 0 Å². The quantitative estimate of drug-likeness (QED) is 0.721. The van der Waals surface area contributed by atoms with Crippen molar-refractivity contribution in [3.63, 3.8) is 0 Å². The average Bonchev–Trinajstić information content (AvgIpc) is 2.77. The normalized spacial score (nSPS) is 10.8. The molecule has 0 bridgehead atoms. The number of rotatable bonds is 2. The third-order valence-electron chi connectivity index (χ3n) is 2.95. The Hall–Kier alpha value is -2.43. The van der Waals surface area contributed by atoms with Crippen LogP contribution in [0.1, 0.15) is 11.3 Å². The van der Waals surface area contributed by atoms with Crippen LogP contribution in [0.5, 0.6) is 0 Å². The van der Waals surface area contributed by atoms with Gasteiger partial charge in [-0.3, -0.25) is 5.10 Å². The van der Waals surface area contributed by atoms with Gasteiger partial charge in [-0.2, -0.15) is 5.10 Å². The number of fused-ring (bicyclic) bond motifs is 1. The summed E-state index contributed by atoms with van der Waals surface area (Å²) in [6.07, 6.45) is 3.33. The number of nitrogens with one attached hydrogen (secondary N) is 2. The maximum absolute atomic E-state index is 4.32. The fourth-order valence-electron chi connectivity index (χ4n) is 1.94. The van der Waals surface area contributed by atoms with Gasteiger partial charge >= 0.3 is 0 Å². The molecule has 90 valence electrons. The molecule has 0 saturated heterocycles. The summed E-state index contributed by atoms with van der Waals surface area (Å²) in [5.41, 5.74) is 4.02. The van der Waals surface area contributed by atoms with Gasteiger partial charge in [0.2, 0.25) is 0 Å². The highest BCUT2D eigenvalue weighted by Gasteiger charge is 2.07. The molecule has 0 unspecified atom stereocenters. The van der Waals surface area contributed by atoms with Gasteiger partial charge in [-0.25, -0.2) is 9.97 Å². The zero-order valence-corrected chi connectivity index (χ0v) is 10.2. The number of anilines is 2. The minimum absolute atomic E-state index is 0.799. The Morgan fingerprint density at radius 1 is 1.17 bits per heavy atom. The summed E-state index contributed by atoms with van der Waals surface area (Å²) in [4.78, 5) is 8.62. The van der Waals surface area contributed by atoms with Crippen molar-refractivity contribution in [2.24, 2.45) is 0 Å². The van der Waals surface area contributed by atoms with Gasteiger partial charge in [-0.15, -0.1) is 0 Å². The van der Waals surface area contributed by atoms with E-state index >= 15 is 0 Å². The average molecular weight is 239 g/mol. The van der Waals surface area contributed by atoms with Crippen LogP contribution in [-0.4, -0.2) is 20.2 Å². The SMILES string of the molecule is Cc1[nH]ncc1Nc1ncnc2c(C)cccc12. The van der Waals surface area contributed by atoms with Crippen LogP contribution in [0, 0.1) is 13.8 Å². The van der Waals surface area contributed by atoms with E-state index in [2.05, 4.69) is 25.5 Å². The van der Waals surface area contributed by atoms with Crippen LogP contribution in [0.2, 0.25) is 0 Å².